The fourth-order valence-electron chi connectivity index (χ4n) is 3.25. The summed E-state index contributed by atoms with van der Waals surface area (Å²) in [4.78, 5) is 24.5. The van der Waals surface area contributed by atoms with E-state index in [2.05, 4.69) is 11.4 Å². The Bertz CT molecular complexity index is 868. The van der Waals surface area contributed by atoms with Crippen LogP contribution in [0.1, 0.15) is 41.6 Å². The normalized spacial score (nSPS) is 14.7. The molecule has 3 rings (SSSR count). The zero-order chi connectivity index (χ0) is 19.8. The van der Waals surface area contributed by atoms with Crippen LogP contribution in [0.25, 0.3) is 0 Å². The van der Waals surface area contributed by atoms with Crippen molar-refractivity contribution in [1.29, 1.82) is 5.26 Å². The van der Waals surface area contributed by atoms with Gasteiger partial charge in [0.25, 0.3) is 5.91 Å². The van der Waals surface area contributed by atoms with Gasteiger partial charge in [-0.2, -0.15) is 5.26 Å². The second-order valence-corrected chi connectivity index (χ2v) is 6.80. The highest BCUT2D eigenvalue weighted by atomic mass is 16.5. The number of nitrogens with zero attached hydrogens (tertiary/aromatic N) is 1. The lowest BCUT2D eigenvalue weighted by Crippen LogP contribution is -2.46. The number of carbonyl (C=O) groups excluding carboxylic acids is 2. The molecule has 0 atom stereocenters. The third-order valence-corrected chi connectivity index (χ3v) is 4.73. The zero-order valence-electron chi connectivity index (χ0n) is 15.5. The van der Waals surface area contributed by atoms with Crippen molar-refractivity contribution in [3.05, 3.63) is 65.7 Å². The van der Waals surface area contributed by atoms with Crippen molar-refractivity contribution in [3.8, 4) is 11.8 Å². The quantitative estimate of drug-likeness (QED) is 0.746. The summed E-state index contributed by atoms with van der Waals surface area (Å²) in [5.41, 5.74) is 0.394. The van der Waals surface area contributed by atoms with Crippen LogP contribution in [0.2, 0.25) is 0 Å². The van der Waals surface area contributed by atoms with E-state index in [1.165, 1.54) is 0 Å². The van der Waals surface area contributed by atoms with E-state index in [1.54, 1.807) is 24.3 Å². The number of hydrogen-bond acceptors (Lipinski definition) is 5. The first kappa shape index (κ1) is 19.4. The molecule has 0 heterocycles. The number of carbonyl (C=O) groups is 2. The number of hydrogen-bond donors (Lipinski definition) is 1. The van der Waals surface area contributed by atoms with Crippen molar-refractivity contribution in [3.63, 3.8) is 0 Å². The van der Waals surface area contributed by atoms with Gasteiger partial charge < -0.3 is 14.8 Å². The summed E-state index contributed by atoms with van der Waals surface area (Å²) in [6.07, 6.45) is 3.05. The van der Waals surface area contributed by atoms with Gasteiger partial charge in [-0.3, -0.25) is 4.79 Å². The predicted molar refractivity (Wildman–Crippen MR) is 102 cm³/mol. The molecule has 1 aliphatic carbocycles. The van der Waals surface area contributed by atoms with Gasteiger partial charge in [-0.15, -0.1) is 0 Å². The Balaban J connectivity index is 1.57. The van der Waals surface area contributed by atoms with E-state index < -0.39 is 24.0 Å². The molecule has 1 amide bonds. The van der Waals surface area contributed by atoms with E-state index in [4.69, 9.17) is 9.47 Å². The van der Waals surface area contributed by atoms with Crippen molar-refractivity contribution >= 4 is 11.9 Å². The maximum Gasteiger partial charge on any atom is 0.342 e. The first-order valence-electron chi connectivity index (χ1n) is 9.27. The molecule has 6 nitrogen and oxygen atoms in total. The predicted octanol–water partition coefficient (Wildman–Crippen LogP) is 3.37. The van der Waals surface area contributed by atoms with E-state index in [0.29, 0.717) is 25.2 Å². The highest BCUT2D eigenvalue weighted by Crippen LogP contribution is 2.28. The monoisotopic (exact) mass is 378 g/mol. The Hall–Kier alpha value is -3.33. The Morgan fingerprint density at radius 1 is 1.04 bits per heavy atom. The fraction of sp³-hybridized carbons (Fsp3) is 0.318. The summed E-state index contributed by atoms with van der Waals surface area (Å²) in [6, 6.07) is 18.5. The number of nitrogens with one attached hydrogen (secondary N) is 1. The van der Waals surface area contributed by atoms with E-state index >= 15 is 0 Å². The van der Waals surface area contributed by atoms with Crippen LogP contribution < -0.4 is 10.1 Å². The van der Waals surface area contributed by atoms with Gasteiger partial charge in [-0.1, -0.05) is 42.5 Å². The van der Waals surface area contributed by atoms with Crippen LogP contribution in [0.15, 0.2) is 54.6 Å². The first-order valence-corrected chi connectivity index (χ1v) is 9.27. The number of ether oxygens (including phenoxy) is 2. The molecule has 0 unspecified atom stereocenters. The van der Waals surface area contributed by atoms with Crippen LogP contribution in [0.4, 0.5) is 0 Å². The smallest absolute Gasteiger partial charge is 0.342 e. The van der Waals surface area contributed by atoms with Crippen molar-refractivity contribution in [2.24, 2.45) is 0 Å². The van der Waals surface area contributed by atoms with Gasteiger partial charge in [0.2, 0.25) is 0 Å². The van der Waals surface area contributed by atoms with E-state index in [1.807, 2.05) is 30.3 Å². The third kappa shape index (κ3) is 4.89. The van der Waals surface area contributed by atoms with Gasteiger partial charge in [-0.25, -0.2) is 4.79 Å². The number of nitriles is 1. The summed E-state index contributed by atoms with van der Waals surface area (Å²) >= 11 is 0. The minimum absolute atomic E-state index is 0.252. The molecule has 0 saturated heterocycles. The summed E-state index contributed by atoms with van der Waals surface area (Å²) in [5, 5.41) is 12.0. The Kier molecular flexibility index (Phi) is 6.28. The lowest BCUT2D eigenvalue weighted by molar-refractivity contribution is -0.125. The molecule has 144 valence electrons. The summed E-state index contributed by atoms with van der Waals surface area (Å²) < 4.78 is 10.9. The van der Waals surface area contributed by atoms with Gasteiger partial charge in [0.1, 0.15) is 23.5 Å². The molecule has 1 saturated carbocycles. The Morgan fingerprint density at radius 3 is 2.43 bits per heavy atom. The number of amides is 1. The molecular formula is C22H22N2O4. The van der Waals surface area contributed by atoms with Crippen LogP contribution >= 0.6 is 0 Å². The average Bonchev–Trinajstić information content (AvgIpc) is 3.20. The topological polar surface area (TPSA) is 88.4 Å². The third-order valence-electron chi connectivity index (χ3n) is 4.73. The molecule has 2 aromatic carbocycles. The van der Waals surface area contributed by atoms with Gasteiger partial charge in [0.05, 0.1) is 6.07 Å². The van der Waals surface area contributed by atoms with E-state index in [9.17, 15) is 14.9 Å². The standard InChI is InChI=1S/C22H22N2O4/c23-16-22(12-6-7-13-22)24-20(25)15-28-21(26)18-10-4-5-11-19(18)27-14-17-8-2-1-3-9-17/h1-5,8-11H,6-7,12-15H2,(H,24,25). The zero-order valence-corrected chi connectivity index (χ0v) is 15.5. The second-order valence-electron chi connectivity index (χ2n) is 6.80. The van der Waals surface area contributed by atoms with Crippen molar-refractivity contribution < 1.29 is 19.1 Å². The maximum absolute atomic E-state index is 12.4. The van der Waals surface area contributed by atoms with Gasteiger partial charge in [0.15, 0.2) is 6.61 Å². The molecule has 1 N–H and O–H groups in total. The summed E-state index contributed by atoms with van der Waals surface area (Å²) in [5.74, 6) is -0.725. The van der Waals surface area contributed by atoms with Crippen LogP contribution in [0.3, 0.4) is 0 Å². The number of rotatable bonds is 7. The van der Waals surface area contributed by atoms with Crippen LogP contribution in [-0.2, 0) is 16.1 Å². The highest BCUT2D eigenvalue weighted by Gasteiger charge is 2.35. The van der Waals surface area contributed by atoms with Gasteiger partial charge in [0, 0.05) is 0 Å². The molecule has 6 heteroatoms. The number of benzene rings is 2. The molecule has 1 aliphatic rings. The number of para-hydroxylation sites is 1. The average molecular weight is 378 g/mol. The van der Waals surface area contributed by atoms with Crippen LogP contribution in [-0.4, -0.2) is 24.0 Å². The molecule has 0 aliphatic heterocycles. The largest absolute Gasteiger partial charge is 0.488 e. The van der Waals surface area contributed by atoms with Crippen molar-refractivity contribution in [1.82, 2.24) is 5.32 Å². The maximum atomic E-state index is 12.4. The van der Waals surface area contributed by atoms with Crippen LogP contribution in [0, 0.1) is 11.3 Å². The Morgan fingerprint density at radius 2 is 1.71 bits per heavy atom. The molecule has 28 heavy (non-hydrogen) atoms. The minimum Gasteiger partial charge on any atom is -0.488 e. The van der Waals surface area contributed by atoms with E-state index in [0.717, 1.165) is 18.4 Å². The lowest BCUT2D eigenvalue weighted by atomic mass is 10.00. The highest BCUT2D eigenvalue weighted by molar-refractivity contribution is 5.94. The second kappa shape index (κ2) is 9.05. The molecular weight excluding hydrogens is 356 g/mol. The molecule has 0 radical (unpaired) electrons. The van der Waals surface area contributed by atoms with E-state index in [-0.39, 0.29) is 5.56 Å². The summed E-state index contributed by atoms with van der Waals surface area (Å²) in [7, 11) is 0. The lowest BCUT2D eigenvalue weighted by Gasteiger charge is -2.21. The Labute approximate surface area is 164 Å². The SMILES string of the molecule is N#CC1(NC(=O)COC(=O)c2ccccc2OCc2ccccc2)CCCC1. The van der Waals surface area contributed by atoms with Crippen LogP contribution in [0.5, 0.6) is 5.75 Å². The first-order chi connectivity index (χ1) is 13.6. The minimum atomic E-state index is -0.833. The summed E-state index contributed by atoms with van der Waals surface area (Å²) in [6.45, 7) is -0.119. The van der Waals surface area contributed by atoms with Crippen molar-refractivity contribution in [2.75, 3.05) is 6.61 Å². The van der Waals surface area contributed by atoms with Gasteiger partial charge in [-0.05, 0) is 43.4 Å². The molecule has 0 aromatic heterocycles. The molecule has 0 spiro atoms. The fourth-order valence-corrected chi connectivity index (χ4v) is 3.25. The van der Waals surface area contributed by atoms with Gasteiger partial charge >= 0.3 is 5.97 Å². The number of esters is 1. The molecule has 2 aromatic rings. The molecule has 0 bridgehead atoms. The van der Waals surface area contributed by atoms with Crippen molar-refractivity contribution in [2.45, 2.75) is 37.8 Å². The molecule has 1 fully saturated rings.